The minimum absolute atomic E-state index is 0.0263. The standard InChI is InChI=1S/C30H36N2O8/c1-4-7-25(35)32(12-10-19-8-5-6-9-23(19)38-2)22-16-21(30(37)31-11-13-33)26-20-14-18(17-34)15-24(39-3)28(20)40-29(26)27(22)36/h5-6,8-9,14-17,22,26-27,29,33,36H,4,7,10-13H2,1-3H3,(H,31,37)/t22-,26+,27+,29+/m1/s1. The Bertz CT molecular complexity index is 1280. The van der Waals surface area contributed by atoms with E-state index in [1.807, 2.05) is 31.2 Å². The van der Waals surface area contributed by atoms with Crippen molar-refractivity contribution >= 4 is 18.1 Å². The monoisotopic (exact) mass is 552 g/mol. The van der Waals surface area contributed by atoms with Crippen LogP contribution < -0.4 is 19.5 Å². The van der Waals surface area contributed by atoms with Crippen molar-refractivity contribution in [3.05, 3.63) is 64.7 Å². The van der Waals surface area contributed by atoms with Gasteiger partial charge in [0, 0.05) is 36.2 Å². The van der Waals surface area contributed by atoms with E-state index in [2.05, 4.69) is 5.32 Å². The van der Waals surface area contributed by atoms with E-state index in [4.69, 9.17) is 14.2 Å². The van der Waals surface area contributed by atoms with Gasteiger partial charge in [-0.1, -0.05) is 25.1 Å². The molecule has 0 fully saturated rings. The molecule has 10 heteroatoms. The number of benzene rings is 2. The molecular formula is C30H36N2O8. The lowest BCUT2D eigenvalue weighted by molar-refractivity contribution is -0.137. The van der Waals surface area contributed by atoms with Crippen molar-refractivity contribution in [3.8, 4) is 17.2 Å². The first-order valence-corrected chi connectivity index (χ1v) is 13.4. The highest BCUT2D eigenvalue weighted by atomic mass is 16.5. The molecule has 0 saturated carbocycles. The Morgan fingerprint density at radius 2 is 1.90 bits per heavy atom. The highest BCUT2D eigenvalue weighted by Crippen LogP contribution is 2.51. The molecule has 2 aromatic carbocycles. The molecule has 0 aromatic heterocycles. The first-order chi connectivity index (χ1) is 19.4. The third kappa shape index (κ3) is 5.68. The molecule has 0 unspecified atom stereocenters. The van der Waals surface area contributed by atoms with E-state index in [1.54, 1.807) is 24.2 Å². The number of aliphatic hydroxyl groups excluding tert-OH is 2. The SMILES string of the molecule is CCCC(=O)N(CCc1ccccc1OC)[C@@H]1C=C(C(=O)NCCO)[C@@H]2c3cc(C=O)cc(OC)c3O[C@@H]2[C@H]1O. The zero-order valence-electron chi connectivity index (χ0n) is 23.0. The maximum absolute atomic E-state index is 13.4. The Balaban J connectivity index is 1.77. The number of aldehydes is 1. The molecule has 0 spiro atoms. The van der Waals surface area contributed by atoms with Gasteiger partial charge in [-0.3, -0.25) is 14.4 Å². The summed E-state index contributed by atoms with van der Waals surface area (Å²) in [5.41, 5.74) is 2.06. The number of aliphatic hydroxyl groups is 2. The minimum atomic E-state index is -1.19. The second kappa shape index (κ2) is 13.0. The third-order valence-corrected chi connectivity index (χ3v) is 7.37. The van der Waals surface area contributed by atoms with E-state index in [9.17, 15) is 24.6 Å². The van der Waals surface area contributed by atoms with Gasteiger partial charge in [-0.2, -0.15) is 0 Å². The first kappa shape index (κ1) is 29.1. The van der Waals surface area contributed by atoms with Gasteiger partial charge < -0.3 is 34.6 Å². The maximum atomic E-state index is 13.4. The Morgan fingerprint density at radius 1 is 1.15 bits per heavy atom. The minimum Gasteiger partial charge on any atom is -0.496 e. The average Bonchev–Trinajstić information content (AvgIpc) is 3.36. The van der Waals surface area contributed by atoms with E-state index in [-0.39, 0.29) is 37.6 Å². The van der Waals surface area contributed by atoms with Gasteiger partial charge in [0.15, 0.2) is 11.5 Å². The summed E-state index contributed by atoms with van der Waals surface area (Å²) in [4.78, 5) is 40.1. The van der Waals surface area contributed by atoms with Crippen molar-refractivity contribution in [2.24, 2.45) is 0 Å². The number of hydrogen-bond donors (Lipinski definition) is 3. The molecular weight excluding hydrogens is 516 g/mol. The molecule has 2 aliphatic rings. The number of fused-ring (bicyclic) bond motifs is 3. The number of ether oxygens (including phenoxy) is 3. The topological polar surface area (TPSA) is 135 Å². The molecule has 1 heterocycles. The largest absolute Gasteiger partial charge is 0.496 e. The Kier molecular flexibility index (Phi) is 9.44. The Labute approximate surface area is 233 Å². The van der Waals surface area contributed by atoms with Crippen LogP contribution in [0, 0.1) is 0 Å². The molecule has 214 valence electrons. The summed E-state index contributed by atoms with van der Waals surface area (Å²) >= 11 is 0. The summed E-state index contributed by atoms with van der Waals surface area (Å²) in [5.74, 6) is 0.00292. The lowest BCUT2D eigenvalue weighted by atomic mass is 9.77. The van der Waals surface area contributed by atoms with Gasteiger partial charge in [0.25, 0.3) is 0 Å². The lowest BCUT2D eigenvalue weighted by Crippen LogP contribution is -2.56. The van der Waals surface area contributed by atoms with E-state index >= 15 is 0 Å². The quantitative estimate of drug-likeness (QED) is 0.341. The highest BCUT2D eigenvalue weighted by molar-refractivity contribution is 5.96. The predicted molar refractivity (Wildman–Crippen MR) is 147 cm³/mol. The summed E-state index contributed by atoms with van der Waals surface area (Å²) in [6.07, 6.45) is 1.53. The number of hydrogen-bond acceptors (Lipinski definition) is 8. The molecule has 2 amide bonds. The molecule has 3 N–H and O–H groups in total. The second-order valence-corrected chi connectivity index (χ2v) is 9.80. The predicted octanol–water partition coefficient (Wildman–Crippen LogP) is 2.01. The number of nitrogens with one attached hydrogen (secondary N) is 1. The summed E-state index contributed by atoms with van der Waals surface area (Å²) < 4.78 is 17.2. The van der Waals surface area contributed by atoms with Crippen LogP contribution in [0.3, 0.4) is 0 Å². The van der Waals surface area contributed by atoms with Gasteiger partial charge in [-0.15, -0.1) is 0 Å². The molecule has 1 aliphatic carbocycles. The van der Waals surface area contributed by atoms with Gasteiger partial charge in [-0.05, 0) is 42.7 Å². The van der Waals surface area contributed by atoms with Crippen LogP contribution in [0.15, 0.2) is 48.0 Å². The van der Waals surface area contributed by atoms with E-state index in [0.717, 1.165) is 5.56 Å². The van der Waals surface area contributed by atoms with Gasteiger partial charge in [0.2, 0.25) is 11.8 Å². The number of nitrogens with zero attached hydrogens (tertiary/aromatic N) is 1. The Morgan fingerprint density at radius 3 is 2.58 bits per heavy atom. The fraction of sp³-hybridized carbons (Fsp3) is 0.433. The summed E-state index contributed by atoms with van der Waals surface area (Å²) in [7, 11) is 3.03. The van der Waals surface area contributed by atoms with Gasteiger partial charge in [0.1, 0.15) is 24.2 Å². The van der Waals surface area contributed by atoms with E-state index < -0.39 is 30.1 Å². The molecule has 2 aromatic rings. The summed E-state index contributed by atoms with van der Waals surface area (Å²) in [6.45, 7) is 1.95. The van der Waals surface area contributed by atoms with Gasteiger partial charge >= 0.3 is 0 Å². The normalized spacial score (nSPS) is 20.9. The van der Waals surface area contributed by atoms with Crippen molar-refractivity contribution in [1.29, 1.82) is 0 Å². The number of para-hydroxylation sites is 1. The fourth-order valence-electron chi connectivity index (χ4n) is 5.51. The van der Waals surface area contributed by atoms with E-state index in [0.29, 0.717) is 47.5 Å². The van der Waals surface area contributed by atoms with Crippen LogP contribution in [0.4, 0.5) is 0 Å². The number of amides is 2. The van der Waals surface area contributed by atoms with Crippen molar-refractivity contribution in [2.45, 2.75) is 50.4 Å². The molecule has 10 nitrogen and oxygen atoms in total. The zero-order chi connectivity index (χ0) is 28.8. The smallest absolute Gasteiger partial charge is 0.247 e. The zero-order valence-corrected chi connectivity index (χ0v) is 23.0. The van der Waals surface area contributed by atoms with Crippen LogP contribution >= 0.6 is 0 Å². The second-order valence-electron chi connectivity index (χ2n) is 9.80. The van der Waals surface area contributed by atoms with Crippen LogP contribution in [-0.4, -0.2) is 85.4 Å². The first-order valence-electron chi connectivity index (χ1n) is 13.4. The van der Waals surface area contributed by atoms with Crippen LogP contribution in [-0.2, 0) is 16.0 Å². The van der Waals surface area contributed by atoms with Crippen molar-refractivity contribution in [2.75, 3.05) is 33.9 Å². The summed E-state index contributed by atoms with van der Waals surface area (Å²) in [5, 5.41) is 23.7. The molecule has 0 radical (unpaired) electrons. The number of rotatable bonds is 12. The molecule has 4 atom stereocenters. The highest BCUT2D eigenvalue weighted by Gasteiger charge is 2.51. The van der Waals surface area contributed by atoms with Crippen LogP contribution in [0.25, 0.3) is 0 Å². The summed E-state index contributed by atoms with van der Waals surface area (Å²) in [6, 6.07) is 9.82. The molecule has 0 bridgehead atoms. The fourth-order valence-corrected chi connectivity index (χ4v) is 5.51. The number of carbonyl (C=O) groups excluding carboxylic acids is 3. The van der Waals surface area contributed by atoms with Gasteiger partial charge in [-0.25, -0.2) is 0 Å². The maximum Gasteiger partial charge on any atom is 0.247 e. The van der Waals surface area contributed by atoms with Gasteiger partial charge in [0.05, 0.1) is 32.8 Å². The molecule has 0 saturated heterocycles. The Hall–Kier alpha value is -3.89. The van der Waals surface area contributed by atoms with E-state index in [1.165, 1.54) is 13.2 Å². The third-order valence-electron chi connectivity index (χ3n) is 7.37. The van der Waals surface area contributed by atoms with Crippen molar-refractivity contribution in [3.63, 3.8) is 0 Å². The van der Waals surface area contributed by atoms with Crippen LogP contribution in [0.1, 0.15) is 47.2 Å². The number of carbonyl (C=O) groups is 3. The molecule has 40 heavy (non-hydrogen) atoms. The average molecular weight is 553 g/mol. The van der Waals surface area contributed by atoms with Crippen LogP contribution in [0.5, 0.6) is 17.2 Å². The van der Waals surface area contributed by atoms with Crippen molar-refractivity contribution in [1.82, 2.24) is 10.2 Å². The van der Waals surface area contributed by atoms with Crippen molar-refractivity contribution < 1.29 is 38.8 Å². The molecule has 4 rings (SSSR count). The molecule has 1 aliphatic heterocycles. The van der Waals surface area contributed by atoms with Crippen LogP contribution in [0.2, 0.25) is 0 Å². The lowest BCUT2D eigenvalue weighted by Gasteiger charge is -2.41. The number of methoxy groups -OCH3 is 2.